The van der Waals surface area contributed by atoms with Gasteiger partial charge in [0, 0.05) is 17.6 Å². The number of sulfonamides is 1. The summed E-state index contributed by atoms with van der Waals surface area (Å²) in [7, 11) is -3.63. The van der Waals surface area contributed by atoms with E-state index in [1.165, 1.54) is 15.6 Å². The third-order valence-electron chi connectivity index (χ3n) is 4.94. The molecular formula is C22H27N3O3S2. The molecule has 160 valence electrons. The number of nitrogens with one attached hydrogen (secondary N) is 1. The van der Waals surface area contributed by atoms with Crippen molar-refractivity contribution >= 4 is 42.6 Å². The maximum atomic E-state index is 13.1. The molecule has 0 radical (unpaired) electrons. The molecule has 0 atom stereocenters. The first kappa shape index (κ1) is 22.4. The van der Waals surface area contributed by atoms with Crippen molar-refractivity contribution in [3.8, 4) is 0 Å². The number of anilines is 1. The van der Waals surface area contributed by atoms with Crippen LogP contribution in [0.25, 0.3) is 10.2 Å². The SMILES string of the molecule is Cc1ccc(C(=O)Nc2nc3ccc(S(=O)(=O)N(C(C)C)C(C)C)cc3s2)cc1C. The zero-order valence-corrected chi connectivity index (χ0v) is 19.7. The van der Waals surface area contributed by atoms with Gasteiger partial charge in [-0.1, -0.05) is 17.4 Å². The Morgan fingerprint density at radius 3 is 2.27 bits per heavy atom. The first-order valence-electron chi connectivity index (χ1n) is 9.83. The molecule has 0 bridgehead atoms. The zero-order chi connectivity index (χ0) is 22.2. The summed E-state index contributed by atoms with van der Waals surface area (Å²) in [6, 6.07) is 10.1. The molecule has 0 saturated carbocycles. The Morgan fingerprint density at radius 2 is 1.67 bits per heavy atom. The van der Waals surface area contributed by atoms with Crippen molar-refractivity contribution < 1.29 is 13.2 Å². The lowest BCUT2D eigenvalue weighted by Gasteiger charge is -2.29. The van der Waals surface area contributed by atoms with Gasteiger partial charge >= 0.3 is 0 Å². The second-order valence-electron chi connectivity index (χ2n) is 7.92. The second-order valence-corrected chi connectivity index (χ2v) is 10.8. The maximum Gasteiger partial charge on any atom is 0.257 e. The highest BCUT2D eigenvalue weighted by Gasteiger charge is 2.29. The number of aryl methyl sites for hydroxylation is 2. The average molecular weight is 446 g/mol. The van der Waals surface area contributed by atoms with Crippen LogP contribution in [-0.2, 0) is 10.0 Å². The average Bonchev–Trinajstić information content (AvgIpc) is 3.04. The van der Waals surface area contributed by atoms with E-state index in [2.05, 4.69) is 10.3 Å². The van der Waals surface area contributed by atoms with Crippen molar-refractivity contribution in [3.63, 3.8) is 0 Å². The van der Waals surface area contributed by atoms with Crippen molar-refractivity contribution in [1.29, 1.82) is 0 Å². The highest BCUT2D eigenvalue weighted by molar-refractivity contribution is 7.89. The zero-order valence-electron chi connectivity index (χ0n) is 18.1. The normalized spacial score (nSPS) is 12.3. The van der Waals surface area contributed by atoms with Gasteiger partial charge in [0.25, 0.3) is 5.91 Å². The van der Waals surface area contributed by atoms with E-state index in [1.54, 1.807) is 24.3 Å². The van der Waals surface area contributed by atoms with E-state index in [0.29, 0.717) is 20.9 Å². The smallest absolute Gasteiger partial charge is 0.257 e. The molecule has 1 heterocycles. The fraction of sp³-hybridized carbons (Fsp3) is 0.364. The third kappa shape index (κ3) is 4.40. The van der Waals surface area contributed by atoms with Crippen LogP contribution >= 0.6 is 11.3 Å². The summed E-state index contributed by atoms with van der Waals surface area (Å²) in [6.07, 6.45) is 0. The number of carbonyl (C=O) groups is 1. The van der Waals surface area contributed by atoms with Gasteiger partial charge in [-0.2, -0.15) is 4.31 Å². The van der Waals surface area contributed by atoms with Gasteiger partial charge in [-0.3, -0.25) is 10.1 Å². The number of hydrogen-bond donors (Lipinski definition) is 1. The number of nitrogens with zero attached hydrogens (tertiary/aromatic N) is 2. The number of fused-ring (bicyclic) bond motifs is 1. The fourth-order valence-electron chi connectivity index (χ4n) is 3.44. The minimum Gasteiger partial charge on any atom is -0.298 e. The van der Waals surface area contributed by atoms with Crippen LogP contribution in [-0.4, -0.2) is 35.7 Å². The number of aromatic nitrogens is 1. The van der Waals surface area contributed by atoms with Crippen LogP contribution in [0.4, 0.5) is 5.13 Å². The number of carbonyl (C=O) groups excluding carboxylic acids is 1. The Hall–Kier alpha value is -2.29. The Kier molecular flexibility index (Phi) is 6.31. The first-order chi connectivity index (χ1) is 14.0. The summed E-state index contributed by atoms with van der Waals surface area (Å²) in [5, 5.41) is 3.26. The lowest BCUT2D eigenvalue weighted by Crippen LogP contribution is -2.41. The second kappa shape index (κ2) is 8.45. The van der Waals surface area contributed by atoms with Gasteiger partial charge in [0.1, 0.15) is 0 Å². The van der Waals surface area contributed by atoms with Crippen LogP contribution in [0.15, 0.2) is 41.3 Å². The van der Waals surface area contributed by atoms with Gasteiger partial charge in [-0.25, -0.2) is 13.4 Å². The van der Waals surface area contributed by atoms with Crippen LogP contribution in [0, 0.1) is 13.8 Å². The Labute approximate surface area is 182 Å². The molecule has 1 amide bonds. The van der Waals surface area contributed by atoms with E-state index in [-0.39, 0.29) is 22.9 Å². The summed E-state index contributed by atoms with van der Waals surface area (Å²) in [6.45, 7) is 11.4. The van der Waals surface area contributed by atoms with Crippen molar-refractivity contribution in [2.45, 2.75) is 58.5 Å². The Bertz CT molecular complexity index is 1190. The molecule has 6 nitrogen and oxygen atoms in total. The van der Waals surface area contributed by atoms with Crippen LogP contribution < -0.4 is 5.32 Å². The first-order valence-corrected chi connectivity index (χ1v) is 12.1. The van der Waals surface area contributed by atoms with Crippen LogP contribution in [0.5, 0.6) is 0 Å². The predicted octanol–water partition coefficient (Wildman–Crippen LogP) is 4.97. The fourth-order valence-corrected chi connectivity index (χ4v) is 6.28. The molecule has 0 aliphatic heterocycles. The maximum absolute atomic E-state index is 13.1. The van der Waals surface area contributed by atoms with Gasteiger partial charge in [0.2, 0.25) is 10.0 Å². The van der Waals surface area contributed by atoms with Crippen molar-refractivity contribution in [3.05, 3.63) is 53.1 Å². The third-order valence-corrected chi connectivity index (χ3v) is 8.12. The largest absolute Gasteiger partial charge is 0.298 e. The van der Waals surface area contributed by atoms with Crippen molar-refractivity contribution in [2.24, 2.45) is 0 Å². The lowest BCUT2D eigenvalue weighted by atomic mass is 10.1. The topological polar surface area (TPSA) is 79.4 Å². The molecule has 3 aromatic rings. The molecule has 0 saturated heterocycles. The van der Waals surface area contributed by atoms with Gasteiger partial charge in [0.15, 0.2) is 5.13 Å². The molecule has 0 aliphatic rings. The van der Waals surface area contributed by atoms with E-state index < -0.39 is 10.0 Å². The molecule has 0 fully saturated rings. The molecule has 0 spiro atoms. The van der Waals surface area contributed by atoms with Crippen LogP contribution in [0.1, 0.15) is 49.2 Å². The Morgan fingerprint density at radius 1 is 1.00 bits per heavy atom. The molecule has 8 heteroatoms. The minimum atomic E-state index is -3.63. The van der Waals surface area contributed by atoms with Gasteiger partial charge in [0.05, 0.1) is 15.1 Å². The van der Waals surface area contributed by atoms with Crippen LogP contribution in [0.2, 0.25) is 0 Å². The highest BCUT2D eigenvalue weighted by atomic mass is 32.2. The van der Waals surface area contributed by atoms with E-state index >= 15 is 0 Å². The number of amides is 1. The highest BCUT2D eigenvalue weighted by Crippen LogP contribution is 2.30. The lowest BCUT2D eigenvalue weighted by molar-refractivity contribution is 0.102. The van der Waals surface area contributed by atoms with Gasteiger partial charge < -0.3 is 0 Å². The van der Waals surface area contributed by atoms with E-state index in [1.807, 2.05) is 53.7 Å². The molecule has 1 N–H and O–H groups in total. The van der Waals surface area contributed by atoms with E-state index in [0.717, 1.165) is 11.1 Å². The molecule has 0 aliphatic carbocycles. The number of hydrogen-bond acceptors (Lipinski definition) is 5. The Balaban J connectivity index is 1.90. The van der Waals surface area contributed by atoms with Crippen molar-refractivity contribution in [2.75, 3.05) is 5.32 Å². The van der Waals surface area contributed by atoms with Crippen LogP contribution in [0.3, 0.4) is 0 Å². The predicted molar refractivity (Wildman–Crippen MR) is 123 cm³/mol. The molecule has 2 aromatic carbocycles. The molecule has 30 heavy (non-hydrogen) atoms. The monoisotopic (exact) mass is 445 g/mol. The van der Waals surface area contributed by atoms with Crippen molar-refractivity contribution in [1.82, 2.24) is 9.29 Å². The summed E-state index contributed by atoms with van der Waals surface area (Å²) >= 11 is 1.26. The van der Waals surface area contributed by atoms with Gasteiger partial charge in [-0.05, 0) is 83.0 Å². The standard InChI is InChI=1S/C22H27N3O3S2/c1-13(2)25(14(3)4)30(27,28)18-9-10-19-20(12-18)29-22(23-19)24-21(26)17-8-7-15(5)16(6)11-17/h7-14H,1-6H3,(H,23,24,26). The number of thiazole rings is 1. The summed E-state index contributed by atoms with van der Waals surface area (Å²) < 4.78 is 28.5. The minimum absolute atomic E-state index is 0.153. The molecule has 3 rings (SSSR count). The molecular weight excluding hydrogens is 418 g/mol. The summed E-state index contributed by atoms with van der Waals surface area (Å²) in [4.78, 5) is 17.2. The molecule has 0 unspecified atom stereocenters. The number of rotatable bonds is 6. The quantitative estimate of drug-likeness (QED) is 0.581. The summed E-state index contributed by atoms with van der Waals surface area (Å²) in [5.74, 6) is -0.240. The van der Waals surface area contributed by atoms with Gasteiger partial charge in [-0.15, -0.1) is 0 Å². The molecule has 1 aromatic heterocycles. The van der Waals surface area contributed by atoms with E-state index in [4.69, 9.17) is 0 Å². The van der Waals surface area contributed by atoms with E-state index in [9.17, 15) is 13.2 Å². The summed E-state index contributed by atoms with van der Waals surface area (Å²) in [5.41, 5.74) is 3.37. The number of benzene rings is 2.